The molecule has 0 radical (unpaired) electrons. The van der Waals surface area contributed by atoms with Gasteiger partial charge in [0.15, 0.2) is 11.5 Å². The van der Waals surface area contributed by atoms with E-state index < -0.39 is 0 Å². The fourth-order valence-electron chi connectivity index (χ4n) is 3.08. The Morgan fingerprint density at radius 1 is 1.31 bits per heavy atom. The van der Waals surface area contributed by atoms with E-state index in [2.05, 4.69) is 15.5 Å². The van der Waals surface area contributed by atoms with Crippen LogP contribution in [0.3, 0.4) is 0 Å². The zero-order chi connectivity index (χ0) is 17.8. The van der Waals surface area contributed by atoms with Crippen molar-refractivity contribution < 1.29 is 19.0 Å². The summed E-state index contributed by atoms with van der Waals surface area (Å²) in [4.78, 5) is 14.3. The van der Waals surface area contributed by atoms with Gasteiger partial charge >= 0.3 is 6.03 Å². The van der Waals surface area contributed by atoms with Gasteiger partial charge in [0.05, 0.1) is 6.54 Å². The van der Waals surface area contributed by atoms with Crippen molar-refractivity contribution in [3.8, 4) is 17.4 Å². The maximum Gasteiger partial charge on any atom is 0.317 e. The van der Waals surface area contributed by atoms with Crippen molar-refractivity contribution in [2.24, 2.45) is 0 Å². The zero-order valence-electron chi connectivity index (χ0n) is 14.3. The van der Waals surface area contributed by atoms with Gasteiger partial charge in [0.2, 0.25) is 12.7 Å². The second-order valence-electron chi connectivity index (χ2n) is 6.24. The van der Waals surface area contributed by atoms with E-state index in [1.165, 1.54) is 0 Å². The van der Waals surface area contributed by atoms with Crippen LogP contribution in [0.2, 0.25) is 0 Å². The summed E-state index contributed by atoms with van der Waals surface area (Å²) in [5.41, 5.74) is 0.965. The number of nitrogens with one attached hydrogen (secondary N) is 1. The van der Waals surface area contributed by atoms with Gasteiger partial charge in [0, 0.05) is 25.4 Å². The Bertz CT molecular complexity index is 771. The molecule has 1 N–H and O–H groups in total. The van der Waals surface area contributed by atoms with Gasteiger partial charge in [-0.05, 0) is 36.6 Å². The Labute approximate surface area is 151 Å². The summed E-state index contributed by atoms with van der Waals surface area (Å²) >= 11 is 0. The maximum atomic E-state index is 12.5. The van der Waals surface area contributed by atoms with Gasteiger partial charge in [-0.15, -0.1) is 5.10 Å². The number of carbonyl (C=O) groups excluding carboxylic acids is 1. The molecule has 3 heterocycles. The molecule has 1 saturated heterocycles. The number of rotatable bonds is 4. The van der Waals surface area contributed by atoms with Crippen molar-refractivity contribution >= 4 is 6.03 Å². The van der Waals surface area contributed by atoms with E-state index in [0.717, 1.165) is 24.2 Å². The predicted molar refractivity (Wildman–Crippen MR) is 92.1 cm³/mol. The van der Waals surface area contributed by atoms with Crippen LogP contribution in [-0.2, 0) is 6.54 Å². The SMILES string of the molecule is O=C(NCc1ccc2c(c1)OCO2)N1CCCC(Oc2cccnn2)C1. The van der Waals surface area contributed by atoms with Crippen LogP contribution in [0, 0.1) is 0 Å². The highest BCUT2D eigenvalue weighted by Gasteiger charge is 2.25. The van der Waals surface area contributed by atoms with Crippen molar-refractivity contribution in [2.75, 3.05) is 19.9 Å². The molecule has 0 aliphatic carbocycles. The zero-order valence-corrected chi connectivity index (χ0v) is 14.3. The molecule has 0 saturated carbocycles. The minimum absolute atomic E-state index is 0.0725. The van der Waals surface area contributed by atoms with Gasteiger partial charge in [0.1, 0.15) is 6.10 Å². The molecule has 2 aliphatic rings. The van der Waals surface area contributed by atoms with E-state index in [4.69, 9.17) is 14.2 Å². The molecular weight excluding hydrogens is 336 g/mol. The van der Waals surface area contributed by atoms with Crippen LogP contribution in [0.4, 0.5) is 4.79 Å². The average Bonchev–Trinajstić information content (AvgIpc) is 3.15. The standard InChI is InChI=1S/C18H20N4O4/c23-18(19-10-13-5-6-15-16(9-13)25-12-24-15)22-8-2-3-14(11-22)26-17-4-1-7-20-21-17/h1,4-7,9,14H,2-3,8,10-12H2,(H,19,23). The summed E-state index contributed by atoms with van der Waals surface area (Å²) in [6.07, 6.45) is 3.31. The first-order valence-electron chi connectivity index (χ1n) is 8.63. The quantitative estimate of drug-likeness (QED) is 0.901. The monoisotopic (exact) mass is 356 g/mol. The maximum absolute atomic E-state index is 12.5. The van der Waals surface area contributed by atoms with E-state index in [-0.39, 0.29) is 18.9 Å². The first kappa shape index (κ1) is 16.4. The molecule has 2 aliphatic heterocycles. The Morgan fingerprint density at radius 3 is 3.12 bits per heavy atom. The molecule has 1 unspecified atom stereocenters. The Kier molecular flexibility index (Phi) is 4.72. The van der Waals surface area contributed by atoms with Crippen molar-refractivity contribution in [1.29, 1.82) is 0 Å². The molecule has 8 heteroatoms. The Balaban J connectivity index is 1.30. The summed E-state index contributed by atoms with van der Waals surface area (Å²) in [6, 6.07) is 9.11. The number of hydrogen-bond acceptors (Lipinski definition) is 6. The largest absolute Gasteiger partial charge is 0.471 e. The third kappa shape index (κ3) is 3.79. The Hall–Kier alpha value is -3.03. The van der Waals surface area contributed by atoms with Crippen LogP contribution < -0.4 is 19.5 Å². The summed E-state index contributed by atoms with van der Waals surface area (Å²) in [7, 11) is 0. The second kappa shape index (κ2) is 7.47. The van der Waals surface area contributed by atoms with Crippen molar-refractivity contribution in [2.45, 2.75) is 25.5 Å². The molecule has 0 bridgehead atoms. The van der Waals surface area contributed by atoms with Gasteiger partial charge in [-0.1, -0.05) is 6.07 Å². The molecule has 1 aromatic carbocycles. The van der Waals surface area contributed by atoms with Crippen molar-refractivity contribution in [3.63, 3.8) is 0 Å². The van der Waals surface area contributed by atoms with Gasteiger partial charge in [-0.3, -0.25) is 0 Å². The number of ether oxygens (including phenoxy) is 3. The van der Waals surface area contributed by atoms with Crippen LogP contribution in [0.1, 0.15) is 18.4 Å². The van der Waals surface area contributed by atoms with Gasteiger partial charge in [-0.2, -0.15) is 5.10 Å². The highest BCUT2D eigenvalue weighted by atomic mass is 16.7. The molecule has 1 fully saturated rings. The number of likely N-dealkylation sites (tertiary alicyclic amines) is 1. The number of urea groups is 1. The Morgan fingerprint density at radius 2 is 2.23 bits per heavy atom. The lowest BCUT2D eigenvalue weighted by Crippen LogP contribution is -2.48. The molecule has 0 spiro atoms. The lowest BCUT2D eigenvalue weighted by atomic mass is 10.1. The van der Waals surface area contributed by atoms with Gasteiger partial charge in [0.25, 0.3) is 0 Å². The van der Waals surface area contributed by atoms with Crippen molar-refractivity contribution in [3.05, 3.63) is 42.1 Å². The number of aromatic nitrogens is 2. The fourth-order valence-corrected chi connectivity index (χ4v) is 3.08. The molecule has 2 amide bonds. The van der Waals surface area contributed by atoms with Crippen molar-refractivity contribution in [1.82, 2.24) is 20.4 Å². The highest BCUT2D eigenvalue weighted by molar-refractivity contribution is 5.74. The number of hydrogen-bond donors (Lipinski definition) is 1. The number of amides is 2. The number of piperidine rings is 1. The molecule has 4 rings (SSSR count). The highest BCUT2D eigenvalue weighted by Crippen LogP contribution is 2.32. The minimum Gasteiger partial charge on any atom is -0.471 e. The van der Waals surface area contributed by atoms with E-state index >= 15 is 0 Å². The van der Waals surface area contributed by atoms with E-state index in [0.29, 0.717) is 31.3 Å². The number of carbonyl (C=O) groups is 1. The summed E-state index contributed by atoms with van der Waals surface area (Å²) in [5, 5.41) is 10.7. The lowest BCUT2D eigenvalue weighted by Gasteiger charge is -2.32. The van der Waals surface area contributed by atoms with Gasteiger partial charge < -0.3 is 24.4 Å². The lowest BCUT2D eigenvalue weighted by molar-refractivity contribution is 0.0969. The molecule has 2 aromatic rings. The third-order valence-electron chi connectivity index (χ3n) is 4.38. The molecular formula is C18H20N4O4. The number of fused-ring (bicyclic) bond motifs is 1. The van der Waals surface area contributed by atoms with Gasteiger partial charge in [-0.25, -0.2) is 4.79 Å². The molecule has 136 valence electrons. The molecule has 26 heavy (non-hydrogen) atoms. The summed E-state index contributed by atoms with van der Waals surface area (Å²) in [5.74, 6) is 1.94. The van der Waals surface area contributed by atoms with Crippen LogP contribution in [0.25, 0.3) is 0 Å². The van der Waals surface area contributed by atoms with E-state index in [1.807, 2.05) is 18.2 Å². The average molecular weight is 356 g/mol. The first-order valence-corrected chi connectivity index (χ1v) is 8.63. The summed E-state index contributed by atoms with van der Waals surface area (Å²) in [6.45, 7) is 1.92. The number of benzene rings is 1. The van der Waals surface area contributed by atoms with Crippen LogP contribution in [0.15, 0.2) is 36.5 Å². The summed E-state index contributed by atoms with van der Waals surface area (Å²) < 4.78 is 16.5. The topological polar surface area (TPSA) is 85.8 Å². The second-order valence-corrected chi connectivity index (χ2v) is 6.24. The molecule has 1 aromatic heterocycles. The smallest absolute Gasteiger partial charge is 0.317 e. The normalized spacial score (nSPS) is 18.5. The third-order valence-corrected chi connectivity index (χ3v) is 4.38. The minimum atomic E-state index is -0.102. The van der Waals surface area contributed by atoms with Crippen LogP contribution >= 0.6 is 0 Å². The van der Waals surface area contributed by atoms with E-state index in [1.54, 1.807) is 23.2 Å². The molecule has 1 atom stereocenters. The molecule has 8 nitrogen and oxygen atoms in total. The number of nitrogens with zero attached hydrogens (tertiary/aromatic N) is 3. The van der Waals surface area contributed by atoms with E-state index in [9.17, 15) is 4.79 Å². The fraction of sp³-hybridized carbons (Fsp3) is 0.389. The van der Waals surface area contributed by atoms with Crippen LogP contribution in [0.5, 0.6) is 17.4 Å². The van der Waals surface area contributed by atoms with Crippen LogP contribution in [-0.4, -0.2) is 47.1 Å². The predicted octanol–water partition coefficient (Wildman–Crippen LogP) is 1.96. The first-order chi connectivity index (χ1) is 12.8.